The molecule has 3 heterocycles. The average Bonchev–Trinajstić information content (AvgIpc) is 3.22. The van der Waals surface area contributed by atoms with Crippen LogP contribution in [0.15, 0.2) is 52.2 Å². The summed E-state index contributed by atoms with van der Waals surface area (Å²) in [5, 5.41) is 8.65. The number of hydrogen-bond donors (Lipinski definition) is 3. The third-order valence-corrected chi connectivity index (χ3v) is 6.68. The lowest BCUT2D eigenvalue weighted by Crippen LogP contribution is -2.12. The molecule has 0 radical (unpaired) electrons. The molecule has 0 saturated heterocycles. The Labute approximate surface area is 172 Å². The van der Waals surface area contributed by atoms with E-state index in [0.717, 1.165) is 43.0 Å². The van der Waals surface area contributed by atoms with E-state index in [4.69, 9.17) is 0 Å². The summed E-state index contributed by atoms with van der Waals surface area (Å²) in [5.41, 5.74) is 1.94. The average molecular weight is 424 g/mol. The van der Waals surface area contributed by atoms with Gasteiger partial charge in [-0.2, -0.15) is 0 Å². The molecule has 1 aliphatic rings. The van der Waals surface area contributed by atoms with Crippen LogP contribution in [0.25, 0.3) is 22.4 Å². The summed E-state index contributed by atoms with van der Waals surface area (Å²) in [6.45, 7) is 0.899. The minimum absolute atomic E-state index is 0.0668. The van der Waals surface area contributed by atoms with Gasteiger partial charge in [0.1, 0.15) is 5.82 Å². The summed E-state index contributed by atoms with van der Waals surface area (Å²) in [6.07, 6.45) is 4.35. The Bertz CT molecular complexity index is 1380. The fraction of sp³-hybridized carbons (Fsp3) is 0.250. The van der Waals surface area contributed by atoms with Gasteiger partial charge in [-0.25, -0.2) is 13.2 Å². The Morgan fingerprint density at radius 1 is 0.933 bits per heavy atom. The molecule has 0 fully saturated rings. The summed E-state index contributed by atoms with van der Waals surface area (Å²) >= 11 is 0. The van der Waals surface area contributed by atoms with E-state index >= 15 is 0 Å². The number of aromatic nitrogens is 5. The molecular weight excluding hydrogens is 404 g/mol. The van der Waals surface area contributed by atoms with Crippen LogP contribution in [0.4, 0.5) is 5.69 Å². The SMILES string of the molecule is O=c1[nH]c2ccc(S(=O)(=O)Nc3ccc(-c4nnc5n4CCCCC5)cc3)cc2[nH]1. The minimum atomic E-state index is -3.80. The van der Waals surface area contributed by atoms with Crippen LogP contribution in [-0.4, -0.2) is 33.2 Å². The van der Waals surface area contributed by atoms with Crippen LogP contribution in [0.1, 0.15) is 25.1 Å². The van der Waals surface area contributed by atoms with Crippen molar-refractivity contribution < 1.29 is 8.42 Å². The predicted octanol–water partition coefficient (Wildman–Crippen LogP) is 2.64. The number of hydrogen-bond acceptors (Lipinski definition) is 5. The maximum atomic E-state index is 12.8. The Morgan fingerprint density at radius 2 is 1.73 bits per heavy atom. The Hall–Kier alpha value is -3.40. The molecule has 0 bridgehead atoms. The van der Waals surface area contributed by atoms with Crippen LogP contribution in [0, 0.1) is 0 Å². The lowest BCUT2D eigenvalue weighted by Gasteiger charge is -2.10. The third kappa shape index (κ3) is 3.39. The van der Waals surface area contributed by atoms with Crippen molar-refractivity contribution in [1.82, 2.24) is 24.7 Å². The van der Waals surface area contributed by atoms with Gasteiger partial charge in [0.15, 0.2) is 5.82 Å². The smallest absolute Gasteiger partial charge is 0.311 e. The predicted molar refractivity (Wildman–Crippen MR) is 113 cm³/mol. The molecular formula is C20H20N6O3S. The number of H-pyrrole nitrogens is 2. The number of imidazole rings is 1. The van der Waals surface area contributed by atoms with Crippen molar-refractivity contribution >= 4 is 26.7 Å². The molecule has 0 spiro atoms. The lowest BCUT2D eigenvalue weighted by atomic mass is 10.2. The van der Waals surface area contributed by atoms with Crippen molar-refractivity contribution in [1.29, 1.82) is 0 Å². The molecule has 2 aromatic heterocycles. The van der Waals surface area contributed by atoms with Gasteiger partial charge < -0.3 is 14.5 Å². The number of sulfonamides is 1. The summed E-state index contributed by atoms with van der Waals surface area (Å²) < 4.78 is 30.2. The van der Waals surface area contributed by atoms with Gasteiger partial charge in [-0.05, 0) is 55.3 Å². The number of rotatable bonds is 4. The molecule has 3 N–H and O–H groups in total. The number of aryl methyl sites for hydroxylation is 1. The highest BCUT2D eigenvalue weighted by atomic mass is 32.2. The first-order valence-corrected chi connectivity index (χ1v) is 11.3. The zero-order valence-electron chi connectivity index (χ0n) is 16.1. The maximum Gasteiger partial charge on any atom is 0.323 e. The Balaban J connectivity index is 1.40. The van der Waals surface area contributed by atoms with Crippen molar-refractivity contribution in [3.05, 3.63) is 58.8 Å². The molecule has 10 heteroatoms. The minimum Gasteiger partial charge on any atom is -0.311 e. The molecule has 9 nitrogen and oxygen atoms in total. The molecule has 0 saturated carbocycles. The topological polar surface area (TPSA) is 126 Å². The van der Waals surface area contributed by atoms with E-state index in [1.54, 1.807) is 18.2 Å². The fourth-order valence-corrected chi connectivity index (χ4v) is 4.86. The van der Waals surface area contributed by atoms with Crippen LogP contribution < -0.4 is 10.4 Å². The fourth-order valence-electron chi connectivity index (χ4n) is 3.78. The number of aromatic amines is 2. The highest BCUT2D eigenvalue weighted by Crippen LogP contribution is 2.25. The molecule has 0 aliphatic carbocycles. The molecule has 30 heavy (non-hydrogen) atoms. The second-order valence-electron chi connectivity index (χ2n) is 7.37. The van der Waals surface area contributed by atoms with E-state index in [1.807, 2.05) is 12.1 Å². The molecule has 2 aromatic carbocycles. The standard InChI is InChI=1S/C20H20N6O3S/c27-20-21-16-10-9-15(12-17(16)22-20)30(28,29)25-14-7-5-13(6-8-14)19-24-23-18-4-2-1-3-11-26(18)19/h5-10,12,25H,1-4,11H2,(H2,21,22,27). The quantitative estimate of drug-likeness (QED) is 0.464. The number of nitrogens with one attached hydrogen (secondary N) is 3. The summed E-state index contributed by atoms with van der Waals surface area (Å²) in [4.78, 5) is 16.6. The molecule has 4 aromatic rings. The zero-order valence-corrected chi connectivity index (χ0v) is 16.9. The van der Waals surface area contributed by atoms with Gasteiger partial charge in [-0.3, -0.25) is 4.72 Å². The van der Waals surface area contributed by atoms with Gasteiger partial charge in [-0.15, -0.1) is 10.2 Å². The maximum absolute atomic E-state index is 12.8. The van der Waals surface area contributed by atoms with Gasteiger partial charge in [0, 0.05) is 24.2 Å². The van der Waals surface area contributed by atoms with Crippen molar-refractivity contribution in [2.75, 3.05) is 4.72 Å². The highest BCUT2D eigenvalue weighted by molar-refractivity contribution is 7.92. The van der Waals surface area contributed by atoms with E-state index < -0.39 is 10.0 Å². The zero-order chi connectivity index (χ0) is 20.7. The largest absolute Gasteiger partial charge is 0.323 e. The summed E-state index contributed by atoms with van der Waals surface area (Å²) in [5.74, 6) is 1.81. The lowest BCUT2D eigenvalue weighted by molar-refractivity contribution is 0.601. The van der Waals surface area contributed by atoms with Gasteiger partial charge in [0.25, 0.3) is 10.0 Å². The summed E-state index contributed by atoms with van der Waals surface area (Å²) in [6, 6.07) is 11.5. The Kier molecular flexibility index (Phi) is 4.43. The van der Waals surface area contributed by atoms with E-state index in [1.165, 1.54) is 18.6 Å². The van der Waals surface area contributed by atoms with Crippen LogP contribution in [0.3, 0.4) is 0 Å². The molecule has 0 amide bonds. The second-order valence-corrected chi connectivity index (χ2v) is 9.05. The molecule has 154 valence electrons. The molecule has 1 aliphatic heterocycles. The molecule has 0 atom stereocenters. The highest BCUT2D eigenvalue weighted by Gasteiger charge is 2.18. The normalized spacial score (nSPS) is 14.4. The van der Waals surface area contributed by atoms with Crippen molar-refractivity contribution in [2.45, 2.75) is 37.1 Å². The van der Waals surface area contributed by atoms with E-state index in [2.05, 4.69) is 29.5 Å². The van der Waals surface area contributed by atoms with Gasteiger partial charge in [-0.1, -0.05) is 6.42 Å². The van der Waals surface area contributed by atoms with E-state index in [9.17, 15) is 13.2 Å². The number of nitrogens with zero attached hydrogens (tertiary/aromatic N) is 3. The van der Waals surface area contributed by atoms with Crippen LogP contribution >= 0.6 is 0 Å². The molecule has 0 unspecified atom stereocenters. The van der Waals surface area contributed by atoms with Gasteiger partial charge >= 0.3 is 5.69 Å². The van der Waals surface area contributed by atoms with Crippen molar-refractivity contribution in [3.8, 4) is 11.4 Å². The number of benzene rings is 2. The second kappa shape index (κ2) is 7.13. The third-order valence-electron chi connectivity index (χ3n) is 5.30. The first-order valence-electron chi connectivity index (χ1n) is 9.77. The van der Waals surface area contributed by atoms with Crippen LogP contribution in [0.2, 0.25) is 0 Å². The first-order chi connectivity index (χ1) is 14.5. The van der Waals surface area contributed by atoms with E-state index in [0.29, 0.717) is 16.7 Å². The van der Waals surface area contributed by atoms with Gasteiger partial charge in [0.05, 0.1) is 15.9 Å². The number of fused-ring (bicyclic) bond motifs is 2. The molecule has 5 rings (SSSR count). The Morgan fingerprint density at radius 3 is 2.57 bits per heavy atom. The summed E-state index contributed by atoms with van der Waals surface area (Å²) in [7, 11) is -3.80. The van der Waals surface area contributed by atoms with Crippen molar-refractivity contribution in [2.24, 2.45) is 0 Å². The van der Waals surface area contributed by atoms with Crippen molar-refractivity contribution in [3.63, 3.8) is 0 Å². The van der Waals surface area contributed by atoms with Crippen LogP contribution in [0.5, 0.6) is 0 Å². The monoisotopic (exact) mass is 424 g/mol. The first kappa shape index (κ1) is 18.6. The van der Waals surface area contributed by atoms with Crippen LogP contribution in [-0.2, 0) is 23.0 Å². The van der Waals surface area contributed by atoms with E-state index in [-0.39, 0.29) is 10.6 Å². The number of anilines is 1. The van der Waals surface area contributed by atoms with Gasteiger partial charge in [0.2, 0.25) is 0 Å².